The second-order valence-corrected chi connectivity index (χ2v) is 7.43. The van der Waals surface area contributed by atoms with Crippen LogP contribution in [0, 0.1) is 5.92 Å². The van der Waals surface area contributed by atoms with Gasteiger partial charge in [-0.25, -0.2) is 0 Å². The third-order valence-corrected chi connectivity index (χ3v) is 5.41. The van der Waals surface area contributed by atoms with Gasteiger partial charge in [0.2, 0.25) is 0 Å². The molecule has 116 valence electrons. The van der Waals surface area contributed by atoms with E-state index in [2.05, 4.69) is 41.2 Å². The van der Waals surface area contributed by atoms with Gasteiger partial charge < -0.3 is 5.32 Å². The molecule has 1 atom stereocenters. The molecule has 1 aliphatic heterocycles. The lowest BCUT2D eigenvalue weighted by Gasteiger charge is -2.48. The van der Waals surface area contributed by atoms with Gasteiger partial charge >= 0.3 is 0 Å². The second-order valence-electron chi connectivity index (χ2n) is 7.43. The first-order valence-electron chi connectivity index (χ1n) is 8.52. The van der Waals surface area contributed by atoms with Gasteiger partial charge in [0, 0.05) is 43.6 Å². The van der Waals surface area contributed by atoms with Crippen LogP contribution in [0.4, 0.5) is 0 Å². The molecule has 21 heavy (non-hydrogen) atoms. The highest BCUT2D eigenvalue weighted by Crippen LogP contribution is 2.31. The smallest absolute Gasteiger partial charge is 0.0281 e. The molecule has 0 amide bonds. The zero-order valence-electron chi connectivity index (χ0n) is 13.5. The van der Waals surface area contributed by atoms with E-state index in [1.54, 1.807) is 0 Å². The molecule has 1 saturated heterocycles. The van der Waals surface area contributed by atoms with Gasteiger partial charge in [-0.1, -0.05) is 19.3 Å². The zero-order chi connectivity index (χ0) is 14.7. The molecule has 1 aromatic heterocycles. The molecule has 2 heterocycles. The normalized spacial score (nSPS) is 27.6. The fraction of sp³-hybridized carbons (Fsp3) is 0.722. The first-order valence-corrected chi connectivity index (χ1v) is 8.52. The van der Waals surface area contributed by atoms with Crippen LogP contribution < -0.4 is 5.32 Å². The number of pyridine rings is 1. The van der Waals surface area contributed by atoms with Crippen molar-refractivity contribution < 1.29 is 0 Å². The summed E-state index contributed by atoms with van der Waals surface area (Å²) in [7, 11) is 0. The molecule has 3 nitrogen and oxygen atoms in total. The molecule has 3 heteroatoms. The van der Waals surface area contributed by atoms with Gasteiger partial charge in [0.15, 0.2) is 0 Å². The van der Waals surface area contributed by atoms with Crippen molar-refractivity contribution in [3.63, 3.8) is 0 Å². The summed E-state index contributed by atoms with van der Waals surface area (Å²) >= 11 is 0. The molecule has 1 aliphatic carbocycles. The predicted molar refractivity (Wildman–Crippen MR) is 87.1 cm³/mol. The highest BCUT2D eigenvalue weighted by atomic mass is 15.3. The van der Waals surface area contributed by atoms with Crippen LogP contribution >= 0.6 is 0 Å². The highest BCUT2D eigenvalue weighted by Gasteiger charge is 2.36. The van der Waals surface area contributed by atoms with E-state index in [-0.39, 0.29) is 5.54 Å². The van der Waals surface area contributed by atoms with E-state index in [1.165, 1.54) is 44.2 Å². The van der Waals surface area contributed by atoms with Crippen molar-refractivity contribution in [1.29, 1.82) is 0 Å². The van der Waals surface area contributed by atoms with Crippen LogP contribution in [0.3, 0.4) is 0 Å². The molecular weight excluding hydrogens is 258 g/mol. The van der Waals surface area contributed by atoms with Crippen molar-refractivity contribution in [3.8, 4) is 0 Å². The van der Waals surface area contributed by atoms with Gasteiger partial charge in [-0.3, -0.25) is 9.88 Å². The van der Waals surface area contributed by atoms with Crippen molar-refractivity contribution in [2.24, 2.45) is 5.92 Å². The monoisotopic (exact) mass is 287 g/mol. The maximum Gasteiger partial charge on any atom is 0.0281 e. The van der Waals surface area contributed by atoms with Crippen LogP contribution in [0.2, 0.25) is 0 Å². The standard InChI is InChI=1S/C18H29N3/c1-18(2)14-20-17(16-6-4-3-5-7-16)13-21(18)12-15-8-10-19-11-9-15/h8-11,16-17,20H,3-7,12-14H2,1-2H3. The number of hydrogen-bond donors (Lipinski definition) is 1. The molecule has 0 aromatic carbocycles. The van der Waals surface area contributed by atoms with Crippen molar-refractivity contribution in [2.45, 2.75) is 64.1 Å². The fourth-order valence-electron chi connectivity index (χ4n) is 3.88. The second kappa shape index (κ2) is 6.45. The number of hydrogen-bond acceptors (Lipinski definition) is 3. The number of nitrogens with one attached hydrogen (secondary N) is 1. The SMILES string of the molecule is CC1(C)CNC(C2CCCCC2)CN1Cc1ccncc1. The molecule has 1 unspecified atom stereocenters. The van der Waals surface area contributed by atoms with E-state index in [0.717, 1.165) is 19.0 Å². The Balaban J connectivity index is 1.67. The van der Waals surface area contributed by atoms with Crippen molar-refractivity contribution in [3.05, 3.63) is 30.1 Å². The van der Waals surface area contributed by atoms with Crippen LogP contribution in [0.15, 0.2) is 24.5 Å². The molecule has 2 fully saturated rings. The first kappa shape index (κ1) is 15.0. The Morgan fingerprint density at radius 3 is 2.62 bits per heavy atom. The van der Waals surface area contributed by atoms with Crippen LogP contribution in [0.25, 0.3) is 0 Å². The van der Waals surface area contributed by atoms with Gasteiger partial charge in [-0.2, -0.15) is 0 Å². The van der Waals surface area contributed by atoms with Crippen LogP contribution in [-0.4, -0.2) is 34.6 Å². The number of nitrogens with zero attached hydrogens (tertiary/aromatic N) is 2. The summed E-state index contributed by atoms with van der Waals surface area (Å²) in [5.74, 6) is 0.884. The average molecular weight is 287 g/mol. The molecule has 1 aromatic rings. The minimum absolute atomic E-state index is 0.231. The summed E-state index contributed by atoms with van der Waals surface area (Å²) in [6, 6.07) is 4.97. The van der Waals surface area contributed by atoms with E-state index < -0.39 is 0 Å². The lowest BCUT2D eigenvalue weighted by atomic mass is 9.81. The molecular formula is C18H29N3. The average Bonchev–Trinajstić information content (AvgIpc) is 2.51. The Morgan fingerprint density at radius 2 is 1.90 bits per heavy atom. The molecule has 0 radical (unpaired) electrons. The highest BCUT2D eigenvalue weighted by molar-refractivity contribution is 5.11. The Bertz CT molecular complexity index is 437. The maximum absolute atomic E-state index is 4.13. The van der Waals surface area contributed by atoms with E-state index in [1.807, 2.05) is 12.4 Å². The molecule has 0 bridgehead atoms. The molecule has 0 spiro atoms. The minimum Gasteiger partial charge on any atom is -0.311 e. The first-order chi connectivity index (χ1) is 10.1. The predicted octanol–water partition coefficient (Wildman–Crippen LogP) is 3.21. The summed E-state index contributed by atoms with van der Waals surface area (Å²) in [5, 5.41) is 3.84. The Morgan fingerprint density at radius 1 is 1.19 bits per heavy atom. The largest absolute Gasteiger partial charge is 0.311 e. The Labute approximate surface area is 129 Å². The quantitative estimate of drug-likeness (QED) is 0.925. The fourth-order valence-corrected chi connectivity index (χ4v) is 3.88. The summed E-state index contributed by atoms with van der Waals surface area (Å²) < 4.78 is 0. The minimum atomic E-state index is 0.231. The van der Waals surface area contributed by atoms with Crippen LogP contribution in [-0.2, 0) is 6.54 Å². The van der Waals surface area contributed by atoms with Crippen molar-refractivity contribution in [1.82, 2.24) is 15.2 Å². The van der Waals surface area contributed by atoms with Gasteiger partial charge in [-0.05, 0) is 50.3 Å². The zero-order valence-corrected chi connectivity index (χ0v) is 13.5. The van der Waals surface area contributed by atoms with Crippen molar-refractivity contribution >= 4 is 0 Å². The summed E-state index contributed by atoms with van der Waals surface area (Å²) in [4.78, 5) is 6.80. The summed E-state index contributed by atoms with van der Waals surface area (Å²) in [5.41, 5.74) is 1.61. The Hall–Kier alpha value is -0.930. The van der Waals surface area contributed by atoms with Crippen LogP contribution in [0.5, 0.6) is 0 Å². The summed E-state index contributed by atoms with van der Waals surface area (Å²) in [6.45, 7) is 8.04. The number of rotatable bonds is 3. The van der Waals surface area contributed by atoms with Gasteiger partial charge in [0.05, 0.1) is 0 Å². The Kier molecular flexibility index (Phi) is 4.60. The molecule has 1 saturated carbocycles. The van der Waals surface area contributed by atoms with Gasteiger partial charge in [0.1, 0.15) is 0 Å². The van der Waals surface area contributed by atoms with E-state index in [9.17, 15) is 0 Å². The third-order valence-electron chi connectivity index (χ3n) is 5.41. The number of aromatic nitrogens is 1. The van der Waals surface area contributed by atoms with E-state index in [0.29, 0.717) is 6.04 Å². The molecule has 1 N–H and O–H groups in total. The van der Waals surface area contributed by atoms with Crippen molar-refractivity contribution in [2.75, 3.05) is 13.1 Å². The van der Waals surface area contributed by atoms with E-state index in [4.69, 9.17) is 0 Å². The lowest BCUT2D eigenvalue weighted by Crippen LogP contribution is -2.63. The molecule has 3 rings (SSSR count). The number of piperazine rings is 1. The van der Waals surface area contributed by atoms with E-state index >= 15 is 0 Å². The third kappa shape index (κ3) is 3.64. The molecule has 2 aliphatic rings. The van der Waals surface area contributed by atoms with Crippen LogP contribution in [0.1, 0.15) is 51.5 Å². The topological polar surface area (TPSA) is 28.2 Å². The lowest BCUT2D eigenvalue weighted by molar-refractivity contribution is 0.0374. The van der Waals surface area contributed by atoms with Gasteiger partial charge in [-0.15, -0.1) is 0 Å². The van der Waals surface area contributed by atoms with Gasteiger partial charge in [0.25, 0.3) is 0 Å². The maximum atomic E-state index is 4.13. The summed E-state index contributed by atoms with van der Waals surface area (Å²) in [6.07, 6.45) is 10.9.